The molecule has 0 fully saturated rings. The van der Waals surface area contributed by atoms with Crippen molar-refractivity contribution in [3.05, 3.63) is 65.7 Å². The Kier molecular flexibility index (Phi) is 10.1. The van der Waals surface area contributed by atoms with Gasteiger partial charge in [-0.15, -0.1) is 0 Å². The first-order valence-electron chi connectivity index (χ1n) is 12.7. The molecule has 37 heavy (non-hydrogen) atoms. The minimum atomic E-state index is -1.13. The van der Waals surface area contributed by atoms with Gasteiger partial charge in [0.25, 0.3) is 5.91 Å². The molecule has 0 aliphatic carbocycles. The van der Waals surface area contributed by atoms with Crippen LogP contribution in [0.15, 0.2) is 54.6 Å². The van der Waals surface area contributed by atoms with Crippen molar-refractivity contribution in [2.45, 2.75) is 57.7 Å². The lowest BCUT2D eigenvalue weighted by Crippen LogP contribution is -2.54. The van der Waals surface area contributed by atoms with E-state index in [-0.39, 0.29) is 43.5 Å². The summed E-state index contributed by atoms with van der Waals surface area (Å²) in [4.78, 5) is 54.3. The summed E-state index contributed by atoms with van der Waals surface area (Å²) in [6.45, 7) is 4.32. The first kappa shape index (κ1) is 27.7. The van der Waals surface area contributed by atoms with E-state index in [1.165, 1.54) is 4.90 Å². The highest BCUT2D eigenvalue weighted by molar-refractivity contribution is 6.01. The van der Waals surface area contributed by atoms with Crippen molar-refractivity contribution < 1.29 is 23.9 Å². The van der Waals surface area contributed by atoms with Gasteiger partial charge < -0.3 is 25.6 Å². The lowest BCUT2D eigenvalue weighted by Gasteiger charge is -2.27. The van der Waals surface area contributed by atoms with Gasteiger partial charge in [0.15, 0.2) is 0 Å². The molecule has 198 valence electrons. The molecule has 0 saturated heterocycles. The van der Waals surface area contributed by atoms with Crippen LogP contribution in [0.4, 0.5) is 0 Å². The Morgan fingerprint density at radius 2 is 1.70 bits per heavy atom. The SMILES string of the molecule is CCC(CC)NC(=O)[C@@H]1CC(=O)N[C@H](Cc2ccccc2)C(=O)N(C)CCOc2ccccc2C(=O)N1. The molecule has 3 N–H and O–H groups in total. The number of nitrogens with zero attached hydrogens (tertiary/aromatic N) is 1. The quantitative estimate of drug-likeness (QED) is 0.552. The van der Waals surface area contributed by atoms with E-state index >= 15 is 0 Å². The molecule has 0 radical (unpaired) electrons. The molecular weight excluding hydrogens is 472 g/mol. The predicted octanol–water partition coefficient (Wildman–Crippen LogP) is 2.06. The molecular formula is C28H36N4O5. The van der Waals surface area contributed by atoms with Gasteiger partial charge >= 0.3 is 0 Å². The molecule has 2 aromatic carbocycles. The minimum Gasteiger partial charge on any atom is -0.491 e. The summed E-state index contributed by atoms with van der Waals surface area (Å²) in [6, 6.07) is 14.0. The van der Waals surface area contributed by atoms with Crippen molar-refractivity contribution >= 4 is 23.6 Å². The van der Waals surface area contributed by atoms with Gasteiger partial charge in [-0.25, -0.2) is 0 Å². The zero-order valence-electron chi connectivity index (χ0n) is 21.7. The lowest BCUT2D eigenvalue weighted by atomic mass is 10.0. The van der Waals surface area contributed by atoms with Crippen molar-refractivity contribution in [2.75, 3.05) is 20.2 Å². The average Bonchev–Trinajstić information content (AvgIpc) is 2.90. The van der Waals surface area contributed by atoms with Gasteiger partial charge in [-0.05, 0) is 30.5 Å². The van der Waals surface area contributed by atoms with Crippen LogP contribution < -0.4 is 20.7 Å². The highest BCUT2D eigenvalue weighted by Gasteiger charge is 2.30. The van der Waals surface area contributed by atoms with Crippen LogP contribution in [0.2, 0.25) is 0 Å². The molecule has 3 rings (SSSR count). The standard InChI is InChI=1S/C28H36N4O5/c1-4-20(5-2)29-27(35)22-18-25(33)30-23(17-19-11-7-6-8-12-19)28(36)32(3)15-16-37-24-14-10-9-13-21(24)26(34)31-22/h6-14,20,22-23H,4-5,15-18H2,1-3H3,(H,29,35)(H,30,33)(H,31,34)/t22-,23+/m0/s1. The van der Waals surface area contributed by atoms with Crippen molar-refractivity contribution in [1.29, 1.82) is 0 Å². The molecule has 0 aromatic heterocycles. The lowest BCUT2D eigenvalue weighted by molar-refractivity contribution is -0.136. The molecule has 0 saturated carbocycles. The second-order valence-corrected chi connectivity index (χ2v) is 9.17. The maximum atomic E-state index is 13.3. The highest BCUT2D eigenvalue weighted by Crippen LogP contribution is 2.19. The third-order valence-corrected chi connectivity index (χ3v) is 6.45. The molecule has 1 heterocycles. The Balaban J connectivity index is 1.92. The van der Waals surface area contributed by atoms with E-state index in [0.29, 0.717) is 18.6 Å². The largest absolute Gasteiger partial charge is 0.491 e. The number of likely N-dealkylation sites (N-methyl/N-ethyl adjacent to an activating group) is 1. The zero-order valence-corrected chi connectivity index (χ0v) is 21.7. The second-order valence-electron chi connectivity index (χ2n) is 9.17. The summed E-state index contributed by atoms with van der Waals surface area (Å²) >= 11 is 0. The Morgan fingerprint density at radius 3 is 2.41 bits per heavy atom. The van der Waals surface area contributed by atoms with E-state index in [2.05, 4.69) is 16.0 Å². The molecule has 0 bridgehead atoms. The van der Waals surface area contributed by atoms with Crippen LogP contribution in [0.25, 0.3) is 0 Å². The number of nitrogens with one attached hydrogen (secondary N) is 3. The first-order valence-corrected chi connectivity index (χ1v) is 12.7. The normalized spacial score (nSPS) is 19.2. The molecule has 2 atom stereocenters. The van der Waals surface area contributed by atoms with E-state index in [4.69, 9.17) is 4.74 Å². The van der Waals surface area contributed by atoms with Crippen LogP contribution >= 0.6 is 0 Å². The van der Waals surface area contributed by atoms with Gasteiger partial charge in [0, 0.05) is 19.5 Å². The molecule has 9 heteroatoms. The van der Waals surface area contributed by atoms with E-state index < -0.39 is 29.8 Å². The van der Waals surface area contributed by atoms with Gasteiger partial charge in [0.2, 0.25) is 17.7 Å². The van der Waals surface area contributed by atoms with Crippen LogP contribution in [0.3, 0.4) is 0 Å². The number of fused-ring (bicyclic) bond motifs is 1. The van der Waals surface area contributed by atoms with Crippen molar-refractivity contribution in [3.63, 3.8) is 0 Å². The Hall–Kier alpha value is -3.88. The average molecular weight is 509 g/mol. The number of para-hydroxylation sites is 1. The number of carbonyl (C=O) groups excluding carboxylic acids is 4. The molecule has 0 spiro atoms. The van der Waals surface area contributed by atoms with E-state index in [1.54, 1.807) is 31.3 Å². The Morgan fingerprint density at radius 1 is 1.03 bits per heavy atom. The Bertz CT molecular complexity index is 1090. The van der Waals surface area contributed by atoms with Crippen molar-refractivity contribution in [3.8, 4) is 5.75 Å². The van der Waals surface area contributed by atoms with E-state index in [1.807, 2.05) is 44.2 Å². The number of rotatable bonds is 6. The maximum absolute atomic E-state index is 13.3. The highest BCUT2D eigenvalue weighted by atomic mass is 16.5. The molecule has 0 unspecified atom stereocenters. The summed E-state index contributed by atoms with van der Waals surface area (Å²) in [5.74, 6) is -1.41. The number of hydrogen-bond donors (Lipinski definition) is 3. The summed E-state index contributed by atoms with van der Waals surface area (Å²) in [6.07, 6.45) is 1.40. The van der Waals surface area contributed by atoms with Gasteiger partial charge in [0.05, 0.1) is 18.5 Å². The number of hydrogen-bond acceptors (Lipinski definition) is 5. The Labute approximate surface area is 217 Å². The monoisotopic (exact) mass is 508 g/mol. The van der Waals surface area contributed by atoms with Crippen LogP contribution in [0.1, 0.15) is 49.0 Å². The maximum Gasteiger partial charge on any atom is 0.255 e. The van der Waals surface area contributed by atoms with Crippen LogP contribution in [0, 0.1) is 0 Å². The van der Waals surface area contributed by atoms with Crippen LogP contribution in [-0.2, 0) is 20.8 Å². The smallest absolute Gasteiger partial charge is 0.255 e. The summed E-state index contributed by atoms with van der Waals surface area (Å²) < 4.78 is 5.85. The van der Waals surface area contributed by atoms with E-state index in [9.17, 15) is 19.2 Å². The molecule has 9 nitrogen and oxygen atoms in total. The van der Waals surface area contributed by atoms with Crippen LogP contribution in [0.5, 0.6) is 5.75 Å². The summed E-state index contributed by atoms with van der Waals surface area (Å²) in [5.41, 5.74) is 1.13. The molecule has 2 aromatic rings. The zero-order chi connectivity index (χ0) is 26.8. The summed E-state index contributed by atoms with van der Waals surface area (Å²) in [5, 5.41) is 8.42. The third kappa shape index (κ3) is 7.80. The fraction of sp³-hybridized carbons (Fsp3) is 0.429. The molecule has 1 aliphatic heterocycles. The number of carbonyl (C=O) groups is 4. The second kappa shape index (κ2) is 13.4. The van der Waals surface area contributed by atoms with Gasteiger partial charge in [-0.3, -0.25) is 19.2 Å². The van der Waals surface area contributed by atoms with Crippen molar-refractivity contribution in [1.82, 2.24) is 20.9 Å². The molecule has 4 amide bonds. The number of benzene rings is 2. The predicted molar refractivity (Wildman–Crippen MR) is 140 cm³/mol. The minimum absolute atomic E-state index is 0.0859. The first-order chi connectivity index (χ1) is 17.8. The van der Waals surface area contributed by atoms with E-state index in [0.717, 1.165) is 5.56 Å². The fourth-order valence-electron chi connectivity index (χ4n) is 4.18. The van der Waals surface area contributed by atoms with Crippen LogP contribution in [-0.4, -0.2) is 66.9 Å². The van der Waals surface area contributed by atoms with Gasteiger partial charge in [0.1, 0.15) is 24.4 Å². The third-order valence-electron chi connectivity index (χ3n) is 6.45. The summed E-state index contributed by atoms with van der Waals surface area (Å²) in [7, 11) is 1.65. The number of ether oxygens (including phenoxy) is 1. The van der Waals surface area contributed by atoms with Gasteiger partial charge in [-0.2, -0.15) is 0 Å². The molecule has 1 aliphatic rings. The van der Waals surface area contributed by atoms with Gasteiger partial charge in [-0.1, -0.05) is 56.3 Å². The number of amides is 4. The van der Waals surface area contributed by atoms with Crippen molar-refractivity contribution in [2.24, 2.45) is 0 Å². The topological polar surface area (TPSA) is 117 Å². The fourth-order valence-corrected chi connectivity index (χ4v) is 4.18.